The lowest BCUT2D eigenvalue weighted by Crippen LogP contribution is -1.67. The fraction of sp³-hybridized carbons (Fsp3) is 0. The molecule has 1 N–H and O–H groups in total. The summed E-state index contributed by atoms with van der Waals surface area (Å²) in [6, 6.07) is 12.6. The number of aromatic nitrogens is 1. The van der Waals surface area contributed by atoms with Crippen molar-refractivity contribution in [3.63, 3.8) is 0 Å². The van der Waals surface area contributed by atoms with Crippen LogP contribution in [0.4, 0.5) is 0 Å². The summed E-state index contributed by atoms with van der Waals surface area (Å²) in [6.45, 7) is 0. The third-order valence-corrected chi connectivity index (χ3v) is 4.58. The largest absolute Gasteiger partial charge is 0.329 e. The van der Waals surface area contributed by atoms with Crippen molar-refractivity contribution in [2.45, 2.75) is 0 Å². The fourth-order valence-electron chi connectivity index (χ4n) is 1.50. The van der Waals surface area contributed by atoms with Crippen LogP contribution in [-0.4, -0.2) is 4.98 Å². The number of rotatable bonds is 1. The monoisotopic (exact) mass is 249 g/mol. The van der Waals surface area contributed by atoms with Gasteiger partial charge in [-0.15, -0.1) is 22.7 Å². The summed E-state index contributed by atoms with van der Waals surface area (Å²) in [5.74, 6) is 0. The highest BCUT2D eigenvalue weighted by atomic mass is 32.1. The summed E-state index contributed by atoms with van der Waals surface area (Å²) in [4.78, 5) is 5.68. The molecule has 0 saturated carbocycles. The molecule has 1 aromatic carbocycles. The molecule has 4 heteroatoms. The Morgan fingerprint density at radius 1 is 1.07 bits per heavy atom. The topological polar surface area (TPSA) is 15.8 Å². The summed E-state index contributed by atoms with van der Waals surface area (Å²) in [7, 11) is 0. The summed E-state index contributed by atoms with van der Waals surface area (Å²) in [5.41, 5.74) is 1.27. The molecule has 15 heavy (non-hydrogen) atoms. The van der Waals surface area contributed by atoms with Crippen LogP contribution >= 0.6 is 34.9 Å². The molecule has 1 nitrogen and oxygen atoms in total. The molecule has 3 rings (SSSR count). The van der Waals surface area contributed by atoms with Crippen LogP contribution in [0.25, 0.3) is 20.0 Å². The van der Waals surface area contributed by atoms with E-state index >= 15 is 0 Å². The first-order valence-corrected chi connectivity index (χ1v) is 6.55. The number of aromatic amines is 1. The number of thiazole rings is 1. The number of fused-ring (bicyclic) bond motifs is 1. The molecule has 2 aromatic heterocycles. The third kappa shape index (κ3) is 1.65. The number of hydrogen-bond acceptors (Lipinski definition) is 3. The minimum atomic E-state index is 0.857. The van der Waals surface area contributed by atoms with Gasteiger partial charge in [0.15, 0.2) is 3.95 Å². The molecule has 0 aliphatic heterocycles. The van der Waals surface area contributed by atoms with Crippen molar-refractivity contribution in [2.75, 3.05) is 0 Å². The number of benzene rings is 1. The van der Waals surface area contributed by atoms with Gasteiger partial charge < -0.3 is 4.98 Å². The Bertz CT molecular complexity index is 611. The Morgan fingerprint density at radius 3 is 2.60 bits per heavy atom. The van der Waals surface area contributed by atoms with E-state index in [1.165, 1.54) is 20.0 Å². The van der Waals surface area contributed by atoms with Crippen molar-refractivity contribution < 1.29 is 0 Å². The highest BCUT2D eigenvalue weighted by Crippen LogP contribution is 2.34. The molecule has 0 amide bonds. The molecule has 0 aliphatic rings. The van der Waals surface area contributed by atoms with Crippen molar-refractivity contribution >= 4 is 44.4 Å². The van der Waals surface area contributed by atoms with Gasteiger partial charge in [0, 0.05) is 4.88 Å². The standard InChI is InChI=1S/C11H7NS3/c13-11-12-10-9(15-11)6-8(14-10)7-4-2-1-3-5-7/h1-6H,(H,12,13). The lowest BCUT2D eigenvalue weighted by molar-refractivity contribution is 1.51. The van der Waals surface area contributed by atoms with E-state index < -0.39 is 0 Å². The molecular weight excluding hydrogens is 242 g/mol. The number of nitrogens with one attached hydrogen (secondary N) is 1. The van der Waals surface area contributed by atoms with Gasteiger partial charge in [-0.3, -0.25) is 0 Å². The Hall–Kier alpha value is -0.970. The van der Waals surface area contributed by atoms with Crippen LogP contribution in [0.2, 0.25) is 0 Å². The quantitative estimate of drug-likeness (QED) is 0.619. The molecule has 74 valence electrons. The van der Waals surface area contributed by atoms with Gasteiger partial charge in [0.05, 0.1) is 4.70 Å². The summed E-state index contributed by atoms with van der Waals surface area (Å²) >= 11 is 8.49. The zero-order valence-electron chi connectivity index (χ0n) is 7.69. The number of hydrogen-bond donors (Lipinski definition) is 1. The number of thiophene rings is 1. The van der Waals surface area contributed by atoms with E-state index in [0.717, 1.165) is 3.95 Å². The average Bonchev–Trinajstić information content (AvgIpc) is 2.76. The maximum absolute atomic E-state index is 5.10. The molecule has 0 bridgehead atoms. The van der Waals surface area contributed by atoms with Crippen molar-refractivity contribution in [3.8, 4) is 10.4 Å². The molecular formula is C11H7NS3. The first-order valence-electron chi connectivity index (χ1n) is 4.51. The maximum atomic E-state index is 5.10. The zero-order valence-corrected chi connectivity index (χ0v) is 10.1. The van der Waals surface area contributed by atoms with Crippen LogP contribution in [0.5, 0.6) is 0 Å². The first kappa shape index (κ1) is 9.27. The highest BCUT2D eigenvalue weighted by Gasteiger charge is 2.05. The normalized spacial score (nSPS) is 10.9. The molecule has 0 saturated heterocycles. The van der Waals surface area contributed by atoms with Gasteiger partial charge in [0.25, 0.3) is 0 Å². The van der Waals surface area contributed by atoms with Gasteiger partial charge in [-0.05, 0) is 23.8 Å². The van der Waals surface area contributed by atoms with Crippen LogP contribution < -0.4 is 0 Å². The molecule has 0 spiro atoms. The Kier molecular flexibility index (Phi) is 2.20. The van der Waals surface area contributed by atoms with E-state index in [4.69, 9.17) is 12.2 Å². The Balaban J connectivity index is 2.20. The lowest BCUT2D eigenvalue weighted by Gasteiger charge is -1.93. The van der Waals surface area contributed by atoms with Crippen LogP contribution in [0.15, 0.2) is 36.4 Å². The van der Waals surface area contributed by atoms with Crippen molar-refractivity contribution in [1.82, 2.24) is 4.98 Å². The van der Waals surface area contributed by atoms with E-state index in [9.17, 15) is 0 Å². The Morgan fingerprint density at radius 2 is 1.87 bits per heavy atom. The maximum Gasteiger partial charge on any atom is 0.160 e. The molecule has 3 aromatic rings. The van der Waals surface area contributed by atoms with Crippen LogP contribution in [0.3, 0.4) is 0 Å². The Labute approximate surface area is 100 Å². The van der Waals surface area contributed by atoms with Gasteiger partial charge in [-0.25, -0.2) is 0 Å². The second kappa shape index (κ2) is 3.56. The van der Waals surface area contributed by atoms with Gasteiger partial charge in [-0.1, -0.05) is 30.3 Å². The van der Waals surface area contributed by atoms with Gasteiger partial charge in [0.1, 0.15) is 4.83 Å². The van der Waals surface area contributed by atoms with Crippen LogP contribution in [0, 0.1) is 3.95 Å². The van der Waals surface area contributed by atoms with Crippen LogP contribution in [-0.2, 0) is 0 Å². The van der Waals surface area contributed by atoms with Crippen LogP contribution in [0.1, 0.15) is 0 Å². The van der Waals surface area contributed by atoms with Crippen molar-refractivity contribution in [1.29, 1.82) is 0 Å². The van der Waals surface area contributed by atoms with E-state index in [2.05, 4.69) is 35.3 Å². The SMILES string of the molecule is S=c1[nH]c2sc(-c3ccccc3)cc2s1. The highest BCUT2D eigenvalue weighted by molar-refractivity contribution is 7.73. The van der Waals surface area contributed by atoms with E-state index in [1.807, 2.05) is 6.07 Å². The molecule has 0 fully saturated rings. The van der Waals surface area contributed by atoms with E-state index in [0.29, 0.717) is 0 Å². The minimum Gasteiger partial charge on any atom is -0.329 e. The lowest BCUT2D eigenvalue weighted by atomic mass is 10.2. The molecule has 2 heterocycles. The summed E-state index contributed by atoms with van der Waals surface area (Å²) < 4.78 is 2.11. The first-order chi connectivity index (χ1) is 7.33. The second-order valence-electron chi connectivity index (χ2n) is 3.18. The second-order valence-corrected chi connectivity index (χ2v) is 5.96. The smallest absolute Gasteiger partial charge is 0.160 e. The summed E-state index contributed by atoms with van der Waals surface area (Å²) in [6.07, 6.45) is 0. The van der Waals surface area contributed by atoms with Crippen molar-refractivity contribution in [3.05, 3.63) is 40.4 Å². The molecule has 0 atom stereocenters. The zero-order chi connectivity index (χ0) is 10.3. The van der Waals surface area contributed by atoms with E-state index in [-0.39, 0.29) is 0 Å². The summed E-state index contributed by atoms with van der Waals surface area (Å²) in [5, 5.41) is 0. The molecule has 0 aliphatic carbocycles. The van der Waals surface area contributed by atoms with Gasteiger partial charge >= 0.3 is 0 Å². The third-order valence-electron chi connectivity index (χ3n) is 2.17. The molecule has 0 radical (unpaired) electrons. The van der Waals surface area contributed by atoms with Gasteiger partial charge in [0.2, 0.25) is 0 Å². The predicted octanol–water partition coefficient (Wildman–Crippen LogP) is 4.69. The van der Waals surface area contributed by atoms with Crippen molar-refractivity contribution in [2.24, 2.45) is 0 Å². The van der Waals surface area contributed by atoms with Gasteiger partial charge in [-0.2, -0.15) is 0 Å². The number of H-pyrrole nitrogens is 1. The van der Waals surface area contributed by atoms with E-state index in [1.54, 1.807) is 22.7 Å². The predicted molar refractivity (Wildman–Crippen MR) is 70.3 cm³/mol. The average molecular weight is 249 g/mol. The fourth-order valence-corrected chi connectivity index (χ4v) is 3.96. The minimum absolute atomic E-state index is 0.857. The molecule has 0 unspecified atom stereocenters.